The minimum absolute atomic E-state index is 0.0879. The molecule has 1 aliphatic rings. The summed E-state index contributed by atoms with van der Waals surface area (Å²) in [6.45, 7) is 4.72. The Hall–Kier alpha value is -2.14. The average Bonchev–Trinajstić information content (AvgIpc) is 2.98. The molecule has 1 heterocycles. The number of benzene rings is 1. The van der Waals surface area contributed by atoms with Gasteiger partial charge in [0.05, 0.1) is 5.56 Å². The number of nitrogens with one attached hydrogen (secondary N) is 2. The van der Waals surface area contributed by atoms with Gasteiger partial charge in [0.2, 0.25) is 0 Å². The Balaban J connectivity index is 1.76. The van der Waals surface area contributed by atoms with Gasteiger partial charge in [-0.15, -0.1) is 11.3 Å². The van der Waals surface area contributed by atoms with Crippen molar-refractivity contribution in [2.45, 2.75) is 33.1 Å². The molecule has 1 atom stereocenters. The van der Waals surface area contributed by atoms with Crippen molar-refractivity contribution in [2.24, 2.45) is 5.92 Å². The third kappa shape index (κ3) is 3.51. The van der Waals surface area contributed by atoms with Gasteiger partial charge in [-0.3, -0.25) is 9.59 Å². The second kappa shape index (κ2) is 7.18. The third-order valence-electron chi connectivity index (χ3n) is 4.37. The van der Waals surface area contributed by atoms with E-state index in [1.165, 1.54) is 10.4 Å². The van der Waals surface area contributed by atoms with Crippen LogP contribution >= 0.6 is 11.3 Å². The Labute approximate surface area is 146 Å². The van der Waals surface area contributed by atoms with Crippen LogP contribution in [0, 0.1) is 5.92 Å². The molecule has 0 saturated carbocycles. The number of rotatable bonds is 4. The van der Waals surface area contributed by atoms with E-state index in [0.717, 1.165) is 24.8 Å². The fraction of sp³-hybridized carbons (Fsp3) is 0.368. The van der Waals surface area contributed by atoms with Crippen molar-refractivity contribution in [3.05, 3.63) is 51.2 Å². The number of carbonyl (C=O) groups excluding carboxylic acids is 2. The fourth-order valence-electron chi connectivity index (χ4n) is 3.07. The highest BCUT2D eigenvalue weighted by Gasteiger charge is 2.23. The first-order valence-corrected chi connectivity index (χ1v) is 9.25. The van der Waals surface area contributed by atoms with Gasteiger partial charge in [-0.05, 0) is 55.9 Å². The molecule has 0 saturated heterocycles. The first-order chi connectivity index (χ1) is 11.6. The molecule has 0 aliphatic heterocycles. The highest BCUT2D eigenvalue weighted by atomic mass is 32.1. The Bertz CT molecular complexity index is 766. The molecule has 2 N–H and O–H groups in total. The van der Waals surface area contributed by atoms with E-state index < -0.39 is 0 Å². The Kier molecular flexibility index (Phi) is 5.00. The van der Waals surface area contributed by atoms with Crippen LogP contribution < -0.4 is 10.6 Å². The lowest BCUT2D eigenvalue weighted by Gasteiger charge is -2.18. The molecular formula is C19H22N2O2S. The van der Waals surface area contributed by atoms with E-state index in [2.05, 4.69) is 17.6 Å². The first-order valence-electron chi connectivity index (χ1n) is 8.37. The molecule has 0 fully saturated rings. The summed E-state index contributed by atoms with van der Waals surface area (Å²) in [6.07, 6.45) is 3.18. The zero-order valence-electron chi connectivity index (χ0n) is 14.0. The molecule has 2 aromatic rings. The Morgan fingerprint density at radius 2 is 2.12 bits per heavy atom. The fourth-order valence-corrected chi connectivity index (χ4v) is 4.31. The lowest BCUT2D eigenvalue weighted by molar-refractivity contribution is 0.0954. The molecule has 2 amide bonds. The number of thiophene rings is 1. The van der Waals surface area contributed by atoms with Crippen LogP contribution in [0.1, 0.15) is 51.4 Å². The SMILES string of the molecule is CCNC(=O)c1cccc(NC(=O)c2csc3c2CCC(C)C3)c1. The van der Waals surface area contributed by atoms with E-state index in [1.807, 2.05) is 18.4 Å². The van der Waals surface area contributed by atoms with E-state index in [-0.39, 0.29) is 11.8 Å². The monoisotopic (exact) mass is 342 g/mol. The molecule has 0 radical (unpaired) electrons. The molecule has 5 heteroatoms. The zero-order chi connectivity index (χ0) is 17.1. The summed E-state index contributed by atoms with van der Waals surface area (Å²) in [4.78, 5) is 25.9. The van der Waals surface area contributed by atoms with Gasteiger partial charge in [-0.25, -0.2) is 0 Å². The summed E-state index contributed by atoms with van der Waals surface area (Å²) in [6, 6.07) is 7.05. The van der Waals surface area contributed by atoms with Gasteiger partial charge in [0, 0.05) is 28.1 Å². The smallest absolute Gasteiger partial charge is 0.256 e. The van der Waals surface area contributed by atoms with Gasteiger partial charge in [-0.2, -0.15) is 0 Å². The van der Waals surface area contributed by atoms with Crippen LogP contribution in [0.15, 0.2) is 29.6 Å². The molecular weight excluding hydrogens is 320 g/mol. The summed E-state index contributed by atoms with van der Waals surface area (Å²) in [5.41, 5.74) is 3.18. The molecule has 3 rings (SSSR count). The third-order valence-corrected chi connectivity index (χ3v) is 5.42. The van der Waals surface area contributed by atoms with Crippen molar-refractivity contribution >= 4 is 28.8 Å². The molecule has 0 spiro atoms. The van der Waals surface area contributed by atoms with E-state index in [9.17, 15) is 9.59 Å². The van der Waals surface area contributed by atoms with Crippen LogP contribution in [0.25, 0.3) is 0 Å². The topological polar surface area (TPSA) is 58.2 Å². The van der Waals surface area contributed by atoms with Gasteiger partial charge in [0.15, 0.2) is 0 Å². The predicted molar refractivity (Wildman–Crippen MR) is 97.9 cm³/mol. The average molecular weight is 342 g/mol. The van der Waals surface area contributed by atoms with Gasteiger partial charge in [0.25, 0.3) is 11.8 Å². The maximum atomic E-state index is 12.6. The van der Waals surface area contributed by atoms with E-state index in [4.69, 9.17) is 0 Å². The van der Waals surface area contributed by atoms with Crippen LogP contribution in [0.3, 0.4) is 0 Å². The van der Waals surface area contributed by atoms with Crippen molar-refractivity contribution in [1.82, 2.24) is 5.32 Å². The number of anilines is 1. The molecule has 0 bridgehead atoms. The quantitative estimate of drug-likeness (QED) is 0.886. The number of hydrogen-bond acceptors (Lipinski definition) is 3. The highest BCUT2D eigenvalue weighted by Crippen LogP contribution is 2.33. The zero-order valence-corrected chi connectivity index (χ0v) is 14.8. The normalized spacial score (nSPS) is 16.3. The summed E-state index contributed by atoms with van der Waals surface area (Å²) in [5.74, 6) is 0.478. The van der Waals surface area contributed by atoms with Crippen molar-refractivity contribution < 1.29 is 9.59 Å². The Morgan fingerprint density at radius 3 is 2.92 bits per heavy atom. The highest BCUT2D eigenvalue weighted by molar-refractivity contribution is 7.10. The van der Waals surface area contributed by atoms with Crippen molar-refractivity contribution in [2.75, 3.05) is 11.9 Å². The van der Waals surface area contributed by atoms with Crippen LogP contribution in [-0.2, 0) is 12.8 Å². The second-order valence-electron chi connectivity index (χ2n) is 6.29. The van der Waals surface area contributed by atoms with Crippen molar-refractivity contribution in [1.29, 1.82) is 0 Å². The van der Waals surface area contributed by atoms with E-state index in [0.29, 0.717) is 23.7 Å². The Morgan fingerprint density at radius 1 is 1.29 bits per heavy atom. The molecule has 1 aliphatic carbocycles. The molecule has 1 aromatic carbocycles. The summed E-state index contributed by atoms with van der Waals surface area (Å²) in [5, 5.41) is 7.66. The maximum Gasteiger partial charge on any atom is 0.256 e. The summed E-state index contributed by atoms with van der Waals surface area (Å²) >= 11 is 1.68. The molecule has 1 unspecified atom stereocenters. The molecule has 24 heavy (non-hydrogen) atoms. The largest absolute Gasteiger partial charge is 0.352 e. The minimum Gasteiger partial charge on any atom is -0.352 e. The van der Waals surface area contributed by atoms with Gasteiger partial charge in [-0.1, -0.05) is 13.0 Å². The number of hydrogen-bond donors (Lipinski definition) is 2. The molecule has 4 nitrogen and oxygen atoms in total. The van der Waals surface area contributed by atoms with Crippen LogP contribution in [0.4, 0.5) is 5.69 Å². The lowest BCUT2D eigenvalue weighted by atomic mass is 9.88. The number of fused-ring (bicyclic) bond motifs is 1. The number of amides is 2. The van der Waals surface area contributed by atoms with Crippen LogP contribution in [0.5, 0.6) is 0 Å². The van der Waals surface area contributed by atoms with Gasteiger partial charge in [0.1, 0.15) is 0 Å². The van der Waals surface area contributed by atoms with E-state index in [1.54, 1.807) is 29.5 Å². The predicted octanol–water partition coefficient (Wildman–Crippen LogP) is 3.87. The number of carbonyl (C=O) groups is 2. The van der Waals surface area contributed by atoms with Crippen LogP contribution in [-0.4, -0.2) is 18.4 Å². The second-order valence-corrected chi connectivity index (χ2v) is 7.26. The van der Waals surface area contributed by atoms with Gasteiger partial charge >= 0.3 is 0 Å². The van der Waals surface area contributed by atoms with Crippen molar-refractivity contribution in [3.8, 4) is 0 Å². The van der Waals surface area contributed by atoms with Crippen LogP contribution in [0.2, 0.25) is 0 Å². The lowest BCUT2D eigenvalue weighted by Crippen LogP contribution is -2.23. The summed E-state index contributed by atoms with van der Waals surface area (Å²) in [7, 11) is 0. The summed E-state index contributed by atoms with van der Waals surface area (Å²) < 4.78 is 0. The molecule has 1 aromatic heterocycles. The first kappa shape index (κ1) is 16.7. The standard InChI is InChI=1S/C19H22N2O2S/c1-3-20-18(22)13-5-4-6-14(10-13)21-19(23)16-11-24-17-9-12(2)7-8-15(16)17/h4-6,10-12H,3,7-9H2,1-2H3,(H,20,22)(H,21,23). The van der Waals surface area contributed by atoms with Crippen molar-refractivity contribution in [3.63, 3.8) is 0 Å². The van der Waals surface area contributed by atoms with E-state index >= 15 is 0 Å². The minimum atomic E-state index is -0.129. The molecule has 126 valence electrons. The maximum absolute atomic E-state index is 12.6. The van der Waals surface area contributed by atoms with Gasteiger partial charge < -0.3 is 10.6 Å².